The molecule has 1 aromatic heterocycles. The van der Waals surface area contributed by atoms with Gasteiger partial charge in [0.25, 0.3) is 0 Å². The molecule has 1 atom stereocenters. The monoisotopic (exact) mass is 312 g/mol. The summed E-state index contributed by atoms with van der Waals surface area (Å²) < 4.78 is 13.4. The van der Waals surface area contributed by atoms with Gasteiger partial charge in [0.15, 0.2) is 0 Å². The van der Waals surface area contributed by atoms with Crippen LogP contribution in [0.2, 0.25) is 5.02 Å². The third-order valence-electron chi connectivity index (χ3n) is 3.14. The van der Waals surface area contributed by atoms with Crippen molar-refractivity contribution in [1.82, 2.24) is 10.3 Å². The average molecular weight is 313 g/mol. The van der Waals surface area contributed by atoms with E-state index < -0.39 is 0 Å². The zero-order chi connectivity index (χ0) is 14.7. The van der Waals surface area contributed by atoms with Crippen LogP contribution in [0.25, 0.3) is 0 Å². The van der Waals surface area contributed by atoms with Gasteiger partial charge in [0, 0.05) is 15.9 Å². The minimum Gasteiger partial charge on any atom is -0.309 e. The van der Waals surface area contributed by atoms with E-state index in [9.17, 15) is 4.39 Å². The van der Waals surface area contributed by atoms with Crippen LogP contribution in [0, 0.1) is 19.7 Å². The largest absolute Gasteiger partial charge is 0.309 e. The number of nitrogens with one attached hydrogen (secondary N) is 1. The number of likely N-dealkylation sites (N-methyl/N-ethyl adjacent to an activating group) is 1. The SMILES string of the molecule is CCNC(Cc1cc(F)ccc1Cl)c1sc(C)nc1C. The maximum absolute atomic E-state index is 13.4. The van der Waals surface area contributed by atoms with Gasteiger partial charge in [-0.1, -0.05) is 18.5 Å². The van der Waals surface area contributed by atoms with Crippen molar-refractivity contribution in [3.8, 4) is 0 Å². The molecule has 1 unspecified atom stereocenters. The van der Waals surface area contributed by atoms with E-state index in [0.29, 0.717) is 11.4 Å². The molecule has 0 spiro atoms. The van der Waals surface area contributed by atoms with Gasteiger partial charge in [-0.15, -0.1) is 11.3 Å². The van der Waals surface area contributed by atoms with Crippen molar-refractivity contribution in [3.05, 3.63) is 50.2 Å². The fourth-order valence-corrected chi connectivity index (χ4v) is 3.49. The van der Waals surface area contributed by atoms with Gasteiger partial charge in [0.05, 0.1) is 10.7 Å². The molecule has 2 aromatic rings. The fraction of sp³-hybridized carbons (Fsp3) is 0.400. The van der Waals surface area contributed by atoms with Crippen molar-refractivity contribution in [1.29, 1.82) is 0 Å². The Morgan fingerprint density at radius 1 is 1.40 bits per heavy atom. The summed E-state index contributed by atoms with van der Waals surface area (Å²) in [7, 11) is 0. The maximum atomic E-state index is 13.4. The van der Waals surface area contributed by atoms with E-state index in [1.807, 2.05) is 13.8 Å². The molecular weight excluding hydrogens is 295 g/mol. The number of halogens is 2. The third kappa shape index (κ3) is 3.57. The molecule has 5 heteroatoms. The smallest absolute Gasteiger partial charge is 0.123 e. The molecule has 0 saturated heterocycles. The Kier molecular flexibility index (Phi) is 5.13. The van der Waals surface area contributed by atoms with Gasteiger partial charge >= 0.3 is 0 Å². The molecule has 1 N–H and O–H groups in total. The molecule has 108 valence electrons. The zero-order valence-corrected chi connectivity index (χ0v) is 13.4. The molecule has 0 fully saturated rings. The third-order valence-corrected chi connectivity index (χ3v) is 4.69. The first-order valence-electron chi connectivity index (χ1n) is 6.62. The summed E-state index contributed by atoms with van der Waals surface area (Å²) in [4.78, 5) is 5.67. The molecule has 0 aliphatic heterocycles. The fourth-order valence-electron chi connectivity index (χ4n) is 2.29. The molecule has 20 heavy (non-hydrogen) atoms. The van der Waals surface area contributed by atoms with E-state index in [1.165, 1.54) is 17.0 Å². The molecule has 1 aromatic carbocycles. The van der Waals surface area contributed by atoms with E-state index in [0.717, 1.165) is 22.8 Å². The van der Waals surface area contributed by atoms with E-state index in [2.05, 4.69) is 17.2 Å². The second-order valence-electron chi connectivity index (χ2n) is 4.73. The van der Waals surface area contributed by atoms with Crippen LogP contribution >= 0.6 is 22.9 Å². The van der Waals surface area contributed by atoms with Crippen LogP contribution in [0.5, 0.6) is 0 Å². The van der Waals surface area contributed by atoms with Gasteiger partial charge in [0.2, 0.25) is 0 Å². The van der Waals surface area contributed by atoms with Crippen LogP contribution < -0.4 is 5.32 Å². The molecule has 0 aliphatic rings. The molecule has 0 radical (unpaired) electrons. The maximum Gasteiger partial charge on any atom is 0.123 e. The van der Waals surface area contributed by atoms with Crippen LogP contribution in [0.3, 0.4) is 0 Å². The summed E-state index contributed by atoms with van der Waals surface area (Å²) in [5.74, 6) is -0.253. The Morgan fingerprint density at radius 2 is 2.15 bits per heavy atom. The summed E-state index contributed by atoms with van der Waals surface area (Å²) in [5.41, 5.74) is 1.86. The van der Waals surface area contributed by atoms with Crippen LogP contribution in [0.4, 0.5) is 4.39 Å². The Balaban J connectivity index is 2.30. The molecule has 0 bridgehead atoms. The summed E-state index contributed by atoms with van der Waals surface area (Å²) in [6.07, 6.45) is 0.660. The van der Waals surface area contributed by atoms with Crippen LogP contribution in [0.15, 0.2) is 18.2 Å². The number of rotatable bonds is 5. The Hall–Kier alpha value is -0.970. The standard InChI is InChI=1S/C15H18ClFN2S/c1-4-18-14(15-9(2)19-10(3)20-15)8-11-7-12(17)5-6-13(11)16/h5-7,14,18H,4,8H2,1-3H3. The Morgan fingerprint density at radius 3 is 2.75 bits per heavy atom. The highest BCUT2D eigenvalue weighted by atomic mass is 35.5. The van der Waals surface area contributed by atoms with Crippen LogP contribution in [0.1, 0.15) is 34.1 Å². The topological polar surface area (TPSA) is 24.9 Å². The van der Waals surface area contributed by atoms with Crippen molar-refractivity contribution >= 4 is 22.9 Å². The van der Waals surface area contributed by atoms with Gasteiger partial charge in [0.1, 0.15) is 5.82 Å². The highest BCUT2D eigenvalue weighted by Gasteiger charge is 2.18. The molecule has 0 saturated carbocycles. The average Bonchev–Trinajstić information content (AvgIpc) is 2.72. The minimum atomic E-state index is -0.253. The van der Waals surface area contributed by atoms with Gasteiger partial charge in [-0.25, -0.2) is 9.37 Å². The predicted molar refractivity (Wildman–Crippen MR) is 83.1 cm³/mol. The number of aromatic nitrogens is 1. The molecule has 0 amide bonds. The summed E-state index contributed by atoms with van der Waals surface area (Å²) in [6, 6.07) is 4.62. The number of thiazole rings is 1. The second kappa shape index (κ2) is 6.66. The lowest BCUT2D eigenvalue weighted by atomic mass is 10.0. The van der Waals surface area contributed by atoms with E-state index in [4.69, 9.17) is 11.6 Å². The van der Waals surface area contributed by atoms with Gasteiger partial charge in [-0.05, 0) is 50.6 Å². The quantitative estimate of drug-likeness (QED) is 0.882. The van der Waals surface area contributed by atoms with Gasteiger partial charge in [-0.2, -0.15) is 0 Å². The van der Waals surface area contributed by atoms with Crippen molar-refractivity contribution in [3.63, 3.8) is 0 Å². The Bertz CT molecular complexity index is 598. The van der Waals surface area contributed by atoms with Crippen molar-refractivity contribution < 1.29 is 4.39 Å². The zero-order valence-electron chi connectivity index (χ0n) is 11.8. The number of hydrogen-bond acceptors (Lipinski definition) is 3. The first-order valence-corrected chi connectivity index (χ1v) is 7.82. The highest BCUT2D eigenvalue weighted by molar-refractivity contribution is 7.11. The number of benzene rings is 1. The lowest BCUT2D eigenvalue weighted by Gasteiger charge is -2.18. The lowest BCUT2D eigenvalue weighted by Crippen LogP contribution is -2.23. The van der Waals surface area contributed by atoms with Gasteiger partial charge < -0.3 is 5.32 Å². The first kappa shape index (κ1) is 15.4. The number of aryl methyl sites for hydroxylation is 2. The van der Waals surface area contributed by atoms with E-state index >= 15 is 0 Å². The minimum absolute atomic E-state index is 0.116. The van der Waals surface area contributed by atoms with Crippen LogP contribution in [-0.2, 0) is 6.42 Å². The van der Waals surface area contributed by atoms with E-state index in [-0.39, 0.29) is 11.9 Å². The first-order chi connectivity index (χ1) is 9.51. The highest BCUT2D eigenvalue weighted by Crippen LogP contribution is 2.29. The molecule has 0 aliphatic carbocycles. The van der Waals surface area contributed by atoms with Crippen molar-refractivity contribution in [2.75, 3.05) is 6.54 Å². The van der Waals surface area contributed by atoms with Gasteiger partial charge in [-0.3, -0.25) is 0 Å². The Labute approximate surface area is 128 Å². The summed E-state index contributed by atoms with van der Waals surface area (Å²) in [5, 5.41) is 5.09. The molecule has 2 rings (SSSR count). The lowest BCUT2D eigenvalue weighted by molar-refractivity contribution is 0.551. The molecular formula is C15H18ClFN2S. The normalized spacial score (nSPS) is 12.7. The molecule has 2 nitrogen and oxygen atoms in total. The number of hydrogen-bond donors (Lipinski definition) is 1. The predicted octanol–water partition coefficient (Wildman–Crippen LogP) is 4.45. The second-order valence-corrected chi connectivity index (χ2v) is 6.37. The summed E-state index contributed by atoms with van der Waals surface area (Å²) in [6.45, 7) is 6.91. The number of nitrogens with zero attached hydrogens (tertiary/aromatic N) is 1. The molecule has 1 heterocycles. The summed E-state index contributed by atoms with van der Waals surface area (Å²) >= 11 is 7.85. The van der Waals surface area contributed by atoms with Crippen molar-refractivity contribution in [2.24, 2.45) is 0 Å². The van der Waals surface area contributed by atoms with E-state index in [1.54, 1.807) is 17.4 Å². The van der Waals surface area contributed by atoms with Crippen LogP contribution in [-0.4, -0.2) is 11.5 Å². The van der Waals surface area contributed by atoms with Crippen molar-refractivity contribution in [2.45, 2.75) is 33.2 Å².